The Hall–Kier alpha value is -4.01. The van der Waals surface area contributed by atoms with Crippen molar-refractivity contribution in [1.29, 1.82) is 0 Å². The van der Waals surface area contributed by atoms with Gasteiger partial charge in [0.25, 0.3) is 0 Å². The van der Waals surface area contributed by atoms with E-state index in [1.807, 2.05) is 4.72 Å². The maximum absolute atomic E-state index is 16.3. The first-order valence-electron chi connectivity index (χ1n) is 14.8. The summed E-state index contributed by atoms with van der Waals surface area (Å²) >= 11 is 0. The molecule has 3 aromatic carbocycles. The van der Waals surface area contributed by atoms with Gasteiger partial charge >= 0.3 is 11.9 Å². The van der Waals surface area contributed by atoms with Crippen molar-refractivity contribution in [2.24, 2.45) is 0 Å². The molecule has 0 bridgehead atoms. The van der Waals surface area contributed by atoms with Gasteiger partial charge in [-0.25, -0.2) is 35.5 Å². The second kappa shape index (κ2) is 15.3. The molecule has 1 N–H and O–H groups in total. The van der Waals surface area contributed by atoms with Crippen LogP contribution in [0.5, 0.6) is 5.75 Å². The van der Waals surface area contributed by atoms with E-state index in [0.29, 0.717) is 0 Å². The minimum absolute atomic E-state index is 0.0163. The summed E-state index contributed by atoms with van der Waals surface area (Å²) in [6.07, 6.45) is -2.69. The predicted octanol–water partition coefficient (Wildman–Crippen LogP) is 5.68. The van der Waals surface area contributed by atoms with Crippen molar-refractivity contribution >= 4 is 22.0 Å². The normalized spacial score (nSPS) is 18.8. The first-order chi connectivity index (χ1) is 22.2. The van der Waals surface area contributed by atoms with Gasteiger partial charge < -0.3 is 14.3 Å². The van der Waals surface area contributed by atoms with Crippen molar-refractivity contribution in [3.63, 3.8) is 0 Å². The second-order valence-electron chi connectivity index (χ2n) is 11.9. The molecule has 14 heteroatoms. The zero-order valence-electron chi connectivity index (χ0n) is 26.1. The summed E-state index contributed by atoms with van der Waals surface area (Å²) in [5, 5.41) is 1.07. The van der Waals surface area contributed by atoms with E-state index in [-0.39, 0.29) is 54.0 Å². The second-order valence-corrected chi connectivity index (χ2v) is 13.6. The third-order valence-corrected chi connectivity index (χ3v) is 8.12. The fourth-order valence-corrected chi connectivity index (χ4v) is 5.93. The fourth-order valence-electron chi connectivity index (χ4n) is 5.15. The Bertz CT molecular complexity index is 1670. The van der Waals surface area contributed by atoms with Crippen LogP contribution in [0.15, 0.2) is 66.7 Å². The number of alkyl halides is 2. The van der Waals surface area contributed by atoms with Crippen LogP contribution >= 0.6 is 0 Å². The van der Waals surface area contributed by atoms with Gasteiger partial charge in [-0.1, -0.05) is 48.5 Å². The first-order valence-corrected chi connectivity index (χ1v) is 16.5. The lowest BCUT2D eigenvalue weighted by Crippen LogP contribution is -2.61. The van der Waals surface area contributed by atoms with Crippen molar-refractivity contribution in [2.45, 2.75) is 63.9 Å². The van der Waals surface area contributed by atoms with Gasteiger partial charge in [-0.15, -0.1) is 5.06 Å². The zero-order valence-corrected chi connectivity index (χ0v) is 26.9. The molecule has 0 amide bonds. The monoisotopic (exact) mass is 680 g/mol. The van der Waals surface area contributed by atoms with Gasteiger partial charge in [0.2, 0.25) is 16.0 Å². The van der Waals surface area contributed by atoms with E-state index in [0.717, 1.165) is 11.1 Å². The summed E-state index contributed by atoms with van der Waals surface area (Å²) in [6.45, 7) is 4.66. The summed E-state index contributed by atoms with van der Waals surface area (Å²) in [7, 11) is -4.59. The van der Waals surface area contributed by atoms with E-state index in [1.165, 1.54) is 42.5 Å². The summed E-state index contributed by atoms with van der Waals surface area (Å²) < 4.78 is 97.1. The largest absolute Gasteiger partial charge is 0.489 e. The highest BCUT2D eigenvalue weighted by Crippen LogP contribution is 2.36. The third kappa shape index (κ3) is 9.52. The number of hydroxylamine groups is 2. The molecule has 4 rings (SSSR count). The van der Waals surface area contributed by atoms with Crippen molar-refractivity contribution in [3.05, 3.63) is 89.5 Å². The number of para-hydroxylation sites is 1. The first kappa shape index (κ1) is 35.8. The molecular formula is C33H36F4N2O7S. The summed E-state index contributed by atoms with van der Waals surface area (Å²) in [5.74, 6) is -3.39. The van der Waals surface area contributed by atoms with E-state index in [4.69, 9.17) is 14.3 Å². The molecule has 1 heterocycles. The van der Waals surface area contributed by atoms with Gasteiger partial charge in [-0.05, 0) is 57.4 Å². The summed E-state index contributed by atoms with van der Waals surface area (Å²) in [5.41, 5.74) is -0.716. The Morgan fingerprint density at radius 2 is 1.66 bits per heavy atom. The Morgan fingerprint density at radius 1 is 0.979 bits per heavy atom. The lowest BCUT2D eigenvalue weighted by molar-refractivity contribution is -0.166. The van der Waals surface area contributed by atoms with Crippen LogP contribution in [0.25, 0.3) is 11.1 Å². The number of nitrogens with zero attached hydrogens (tertiary/aromatic N) is 1. The standard InChI is InChI=1S/C33H36F4N2O7S/c1-33(2,3)45-28(40)16-18-44-31-24(13-8-14-26(31)36)23-12-7-11-22(29(23)37)19-27-30(38-47(42,43)20-34)25(35)15-17-39(27)46-32(41)21-9-5-4-6-10-21/h4-14,25,27,30,38H,15-20H2,1-3H3/t25-,27-,30-/m0/s1. The van der Waals surface area contributed by atoms with Crippen molar-refractivity contribution in [2.75, 3.05) is 19.2 Å². The van der Waals surface area contributed by atoms with Gasteiger partial charge in [-0.3, -0.25) is 4.79 Å². The van der Waals surface area contributed by atoms with E-state index in [2.05, 4.69) is 0 Å². The number of sulfonamides is 1. The van der Waals surface area contributed by atoms with Gasteiger partial charge in [0.1, 0.15) is 17.6 Å². The summed E-state index contributed by atoms with van der Waals surface area (Å²) in [6, 6.07) is 11.2. The van der Waals surface area contributed by atoms with E-state index < -0.39 is 69.9 Å². The number of carbonyl (C=O) groups excluding carboxylic acids is 2. The van der Waals surface area contributed by atoms with Gasteiger partial charge in [-0.2, -0.15) is 0 Å². The quantitative estimate of drug-likeness (QED) is 0.192. The maximum Gasteiger partial charge on any atom is 0.357 e. The molecular weight excluding hydrogens is 644 g/mol. The van der Waals surface area contributed by atoms with Gasteiger partial charge in [0.15, 0.2) is 11.6 Å². The van der Waals surface area contributed by atoms with Crippen LogP contribution in [0.1, 0.15) is 49.5 Å². The number of benzene rings is 3. The smallest absolute Gasteiger partial charge is 0.357 e. The van der Waals surface area contributed by atoms with E-state index in [9.17, 15) is 26.8 Å². The number of piperidine rings is 1. The Labute approximate surface area is 270 Å². The van der Waals surface area contributed by atoms with Crippen molar-refractivity contribution in [3.8, 4) is 16.9 Å². The molecule has 1 aliphatic heterocycles. The van der Waals surface area contributed by atoms with Crippen molar-refractivity contribution in [1.82, 2.24) is 9.79 Å². The molecule has 0 aliphatic carbocycles. The predicted molar refractivity (Wildman–Crippen MR) is 165 cm³/mol. The molecule has 47 heavy (non-hydrogen) atoms. The highest BCUT2D eigenvalue weighted by molar-refractivity contribution is 7.89. The van der Waals surface area contributed by atoms with Crippen LogP contribution < -0.4 is 9.46 Å². The minimum Gasteiger partial charge on any atom is -0.489 e. The lowest BCUT2D eigenvalue weighted by Gasteiger charge is -2.41. The number of hydrogen-bond donors (Lipinski definition) is 1. The average molecular weight is 681 g/mol. The number of nitrogens with one attached hydrogen (secondary N) is 1. The molecule has 1 aliphatic rings. The summed E-state index contributed by atoms with van der Waals surface area (Å²) in [4.78, 5) is 30.6. The molecule has 3 aromatic rings. The Kier molecular flexibility index (Phi) is 11.6. The number of ether oxygens (including phenoxy) is 2. The topological polar surface area (TPSA) is 111 Å². The molecule has 254 valence electrons. The lowest BCUT2D eigenvalue weighted by atomic mass is 9.90. The zero-order chi connectivity index (χ0) is 34.4. The highest BCUT2D eigenvalue weighted by Gasteiger charge is 2.43. The van der Waals surface area contributed by atoms with Gasteiger partial charge in [0.05, 0.1) is 30.7 Å². The number of halogens is 4. The average Bonchev–Trinajstić information content (AvgIpc) is 3.01. The Balaban J connectivity index is 1.65. The van der Waals surface area contributed by atoms with Crippen molar-refractivity contribution < 1.29 is 49.9 Å². The van der Waals surface area contributed by atoms with Crippen LogP contribution in [0.2, 0.25) is 0 Å². The third-order valence-electron chi connectivity index (χ3n) is 7.21. The molecule has 9 nitrogen and oxygen atoms in total. The van der Waals surface area contributed by atoms with Crippen LogP contribution in [-0.4, -0.2) is 68.4 Å². The molecule has 0 saturated carbocycles. The number of esters is 1. The molecule has 0 radical (unpaired) electrons. The van der Waals surface area contributed by atoms with Crippen LogP contribution in [0.3, 0.4) is 0 Å². The SMILES string of the molecule is CC(C)(C)OC(=O)CCOc1c(F)cccc1-c1cccc(C[C@H]2[C@@H](NS(=O)(=O)CF)[C@@H](F)CCN2OC(=O)c2ccccc2)c1F. The number of rotatable bonds is 12. The van der Waals surface area contributed by atoms with Crippen LogP contribution in [0, 0.1) is 11.6 Å². The van der Waals surface area contributed by atoms with Crippen LogP contribution in [0.4, 0.5) is 17.6 Å². The molecule has 3 atom stereocenters. The minimum atomic E-state index is -4.59. The molecule has 1 saturated heterocycles. The molecule has 1 fully saturated rings. The molecule has 0 unspecified atom stereocenters. The van der Waals surface area contributed by atoms with Gasteiger partial charge in [0, 0.05) is 17.7 Å². The fraction of sp³-hybridized carbons (Fsp3) is 0.394. The number of carbonyl (C=O) groups is 2. The molecule has 0 spiro atoms. The Morgan fingerprint density at radius 3 is 2.34 bits per heavy atom. The number of hydrogen-bond acceptors (Lipinski definition) is 8. The van der Waals surface area contributed by atoms with E-state index >= 15 is 8.78 Å². The van der Waals surface area contributed by atoms with E-state index in [1.54, 1.807) is 39.0 Å². The maximum atomic E-state index is 16.3. The highest BCUT2D eigenvalue weighted by atomic mass is 32.2. The molecule has 0 aromatic heterocycles. The van der Waals surface area contributed by atoms with Crippen LogP contribution in [-0.2, 0) is 30.8 Å².